The molecule has 0 spiro atoms. The molecule has 1 aromatic heterocycles. The number of nitrogens with zero attached hydrogens (tertiary/aromatic N) is 1. The number of methoxy groups -OCH3 is 1. The van der Waals surface area contributed by atoms with Gasteiger partial charge >= 0.3 is 0 Å². The number of para-hydroxylation sites is 1. The molecule has 4 heteroatoms. The van der Waals surface area contributed by atoms with Crippen molar-refractivity contribution in [2.24, 2.45) is 0 Å². The predicted molar refractivity (Wildman–Crippen MR) is 68.1 cm³/mol. The van der Waals surface area contributed by atoms with Crippen LogP contribution in [0, 0.1) is 0 Å². The Hall–Kier alpha value is -2.07. The van der Waals surface area contributed by atoms with Crippen LogP contribution < -0.4 is 9.47 Å². The number of aromatic nitrogens is 1. The number of hydrogen-bond acceptors (Lipinski definition) is 4. The molecular formula is C14H15NO3. The van der Waals surface area contributed by atoms with E-state index in [9.17, 15) is 0 Å². The van der Waals surface area contributed by atoms with Gasteiger partial charge in [0.2, 0.25) is 0 Å². The van der Waals surface area contributed by atoms with Crippen molar-refractivity contribution in [2.75, 3.05) is 13.7 Å². The van der Waals surface area contributed by atoms with Crippen molar-refractivity contribution in [2.45, 2.75) is 6.42 Å². The van der Waals surface area contributed by atoms with Gasteiger partial charge in [-0.25, -0.2) is 4.98 Å². The van der Waals surface area contributed by atoms with Crippen LogP contribution in [0.3, 0.4) is 0 Å². The lowest BCUT2D eigenvalue weighted by Crippen LogP contribution is -1.97. The molecule has 1 aromatic carbocycles. The van der Waals surface area contributed by atoms with Crippen LogP contribution in [0.25, 0.3) is 0 Å². The molecule has 0 saturated heterocycles. The molecule has 0 bridgehead atoms. The third-order valence-corrected chi connectivity index (χ3v) is 2.52. The van der Waals surface area contributed by atoms with Crippen LogP contribution in [-0.4, -0.2) is 23.8 Å². The molecule has 2 rings (SSSR count). The smallest absolute Gasteiger partial charge is 0.262 e. The highest BCUT2D eigenvalue weighted by Gasteiger charge is 2.09. The predicted octanol–water partition coefficient (Wildman–Crippen LogP) is 2.42. The zero-order valence-electron chi connectivity index (χ0n) is 10.2. The van der Waals surface area contributed by atoms with Gasteiger partial charge in [-0.3, -0.25) is 0 Å². The summed E-state index contributed by atoms with van der Waals surface area (Å²) in [5, 5.41) is 9.02. The van der Waals surface area contributed by atoms with Crippen molar-refractivity contribution in [3.63, 3.8) is 0 Å². The van der Waals surface area contributed by atoms with Crippen LogP contribution in [0.4, 0.5) is 0 Å². The van der Waals surface area contributed by atoms with Crippen LogP contribution in [-0.2, 0) is 6.42 Å². The highest BCUT2D eigenvalue weighted by atomic mass is 16.5. The summed E-state index contributed by atoms with van der Waals surface area (Å²) in [6, 6.07) is 11.1. The van der Waals surface area contributed by atoms with Gasteiger partial charge in [-0.05, 0) is 30.2 Å². The molecule has 0 atom stereocenters. The highest BCUT2D eigenvalue weighted by Crippen LogP contribution is 2.30. The van der Waals surface area contributed by atoms with Gasteiger partial charge in [0.15, 0.2) is 5.75 Å². The Balaban J connectivity index is 2.28. The highest BCUT2D eigenvalue weighted by molar-refractivity contribution is 5.40. The third-order valence-electron chi connectivity index (χ3n) is 2.52. The van der Waals surface area contributed by atoms with Crippen molar-refractivity contribution in [3.8, 4) is 17.4 Å². The van der Waals surface area contributed by atoms with Gasteiger partial charge in [-0.15, -0.1) is 0 Å². The summed E-state index contributed by atoms with van der Waals surface area (Å²) < 4.78 is 10.9. The van der Waals surface area contributed by atoms with Crippen LogP contribution >= 0.6 is 0 Å². The topological polar surface area (TPSA) is 51.6 Å². The van der Waals surface area contributed by atoms with Gasteiger partial charge in [0.05, 0.1) is 7.11 Å². The first kappa shape index (κ1) is 12.4. The standard InChI is InChI=1S/C14H15NO3/c1-17-13-7-4-9-15-14(13)18-12-6-3-2-5-11(12)8-10-16/h2-7,9,16H,8,10H2,1H3. The van der Waals surface area contributed by atoms with Gasteiger partial charge in [0, 0.05) is 12.8 Å². The summed E-state index contributed by atoms with van der Waals surface area (Å²) in [5.41, 5.74) is 0.938. The lowest BCUT2D eigenvalue weighted by Gasteiger charge is -2.11. The summed E-state index contributed by atoms with van der Waals surface area (Å²) in [7, 11) is 1.57. The average Bonchev–Trinajstić information content (AvgIpc) is 2.42. The largest absolute Gasteiger partial charge is 0.491 e. The Kier molecular flexibility index (Phi) is 4.15. The van der Waals surface area contributed by atoms with Gasteiger partial charge < -0.3 is 14.6 Å². The fourth-order valence-electron chi connectivity index (χ4n) is 1.64. The molecule has 0 saturated carbocycles. The van der Waals surface area contributed by atoms with E-state index in [4.69, 9.17) is 14.6 Å². The lowest BCUT2D eigenvalue weighted by atomic mass is 10.1. The van der Waals surface area contributed by atoms with Gasteiger partial charge in [-0.2, -0.15) is 0 Å². The van der Waals surface area contributed by atoms with Crippen molar-refractivity contribution in [1.82, 2.24) is 4.98 Å². The maximum Gasteiger partial charge on any atom is 0.262 e. The third kappa shape index (κ3) is 2.78. The van der Waals surface area contributed by atoms with E-state index in [-0.39, 0.29) is 6.61 Å². The number of benzene rings is 1. The fourth-order valence-corrected chi connectivity index (χ4v) is 1.64. The molecule has 2 aromatic rings. The Morgan fingerprint density at radius 3 is 2.67 bits per heavy atom. The Bertz CT molecular complexity index is 514. The zero-order chi connectivity index (χ0) is 12.8. The number of ether oxygens (including phenoxy) is 2. The van der Waals surface area contributed by atoms with E-state index in [1.807, 2.05) is 24.3 Å². The van der Waals surface area contributed by atoms with Crippen LogP contribution in [0.1, 0.15) is 5.56 Å². The van der Waals surface area contributed by atoms with E-state index in [1.165, 1.54) is 0 Å². The molecular weight excluding hydrogens is 230 g/mol. The quantitative estimate of drug-likeness (QED) is 0.879. The molecule has 1 N–H and O–H groups in total. The molecule has 1 heterocycles. The molecule has 0 radical (unpaired) electrons. The molecule has 0 aliphatic rings. The Morgan fingerprint density at radius 2 is 1.89 bits per heavy atom. The van der Waals surface area contributed by atoms with E-state index in [2.05, 4.69) is 4.98 Å². The monoisotopic (exact) mass is 245 g/mol. The van der Waals surface area contributed by atoms with E-state index >= 15 is 0 Å². The van der Waals surface area contributed by atoms with E-state index in [0.717, 1.165) is 5.56 Å². The zero-order valence-corrected chi connectivity index (χ0v) is 10.2. The van der Waals surface area contributed by atoms with Gasteiger partial charge in [0.1, 0.15) is 5.75 Å². The van der Waals surface area contributed by atoms with Gasteiger partial charge in [-0.1, -0.05) is 18.2 Å². The maximum absolute atomic E-state index is 9.02. The molecule has 4 nitrogen and oxygen atoms in total. The number of aliphatic hydroxyl groups is 1. The fraction of sp³-hybridized carbons (Fsp3) is 0.214. The second kappa shape index (κ2) is 6.02. The van der Waals surface area contributed by atoms with Gasteiger partial charge in [0.25, 0.3) is 5.88 Å². The summed E-state index contributed by atoms with van der Waals surface area (Å²) in [6.45, 7) is 0.0831. The van der Waals surface area contributed by atoms with Crippen LogP contribution in [0.2, 0.25) is 0 Å². The molecule has 0 fully saturated rings. The van der Waals surface area contributed by atoms with Crippen LogP contribution in [0.15, 0.2) is 42.6 Å². The Morgan fingerprint density at radius 1 is 1.11 bits per heavy atom. The summed E-state index contributed by atoms with van der Waals surface area (Å²) in [5.74, 6) is 1.69. The minimum absolute atomic E-state index is 0.0831. The molecule has 0 amide bonds. The molecule has 0 aliphatic carbocycles. The van der Waals surface area contributed by atoms with Crippen molar-refractivity contribution < 1.29 is 14.6 Å². The minimum atomic E-state index is 0.0831. The first-order chi connectivity index (χ1) is 8.85. The Labute approximate surface area is 106 Å². The molecule has 18 heavy (non-hydrogen) atoms. The SMILES string of the molecule is COc1cccnc1Oc1ccccc1CCO. The van der Waals surface area contributed by atoms with Crippen molar-refractivity contribution in [1.29, 1.82) is 0 Å². The first-order valence-electron chi connectivity index (χ1n) is 5.70. The summed E-state index contributed by atoms with van der Waals surface area (Å²) in [4.78, 5) is 4.14. The second-order valence-corrected chi connectivity index (χ2v) is 3.69. The van der Waals surface area contributed by atoms with Crippen molar-refractivity contribution in [3.05, 3.63) is 48.2 Å². The van der Waals surface area contributed by atoms with E-state index < -0.39 is 0 Å². The lowest BCUT2D eigenvalue weighted by molar-refractivity contribution is 0.297. The van der Waals surface area contributed by atoms with E-state index in [0.29, 0.717) is 23.8 Å². The van der Waals surface area contributed by atoms with Crippen molar-refractivity contribution >= 4 is 0 Å². The minimum Gasteiger partial charge on any atom is -0.491 e. The second-order valence-electron chi connectivity index (χ2n) is 3.69. The normalized spacial score (nSPS) is 10.1. The summed E-state index contributed by atoms with van der Waals surface area (Å²) >= 11 is 0. The van der Waals surface area contributed by atoms with Crippen LogP contribution in [0.5, 0.6) is 17.4 Å². The van der Waals surface area contributed by atoms with E-state index in [1.54, 1.807) is 25.4 Å². The number of aliphatic hydroxyl groups excluding tert-OH is 1. The average molecular weight is 245 g/mol. The number of rotatable bonds is 5. The molecule has 0 unspecified atom stereocenters. The number of pyridine rings is 1. The maximum atomic E-state index is 9.02. The molecule has 94 valence electrons. The first-order valence-corrected chi connectivity index (χ1v) is 5.70. The number of hydrogen-bond donors (Lipinski definition) is 1. The molecule has 0 aliphatic heterocycles. The summed E-state index contributed by atoms with van der Waals surface area (Å²) in [6.07, 6.45) is 2.19.